The lowest BCUT2D eigenvalue weighted by atomic mass is 9.97. The summed E-state index contributed by atoms with van der Waals surface area (Å²) >= 11 is 0. The van der Waals surface area contributed by atoms with Gasteiger partial charge in [-0.25, -0.2) is 0 Å². The molecule has 0 N–H and O–H groups in total. The Kier molecular flexibility index (Phi) is 2.80. The number of Topliss-reactive ketones (excluding diaryl/α,β-unsaturated/α-hetero) is 1. The van der Waals surface area contributed by atoms with E-state index >= 15 is 0 Å². The van der Waals surface area contributed by atoms with E-state index < -0.39 is 0 Å². The van der Waals surface area contributed by atoms with Gasteiger partial charge in [-0.3, -0.25) is 4.79 Å². The van der Waals surface area contributed by atoms with E-state index in [0.717, 1.165) is 10.8 Å². The molecule has 0 spiro atoms. The third kappa shape index (κ3) is 1.74. The molecule has 0 heterocycles. The third-order valence-electron chi connectivity index (χ3n) is 2.68. The molecule has 0 radical (unpaired) electrons. The SMILES string of the molecule is COc1c(C#N)cc2ccccc2c1C(C)=O. The predicted octanol–water partition coefficient (Wildman–Crippen LogP) is 2.92. The van der Waals surface area contributed by atoms with E-state index in [4.69, 9.17) is 10.00 Å². The third-order valence-corrected chi connectivity index (χ3v) is 2.68. The minimum atomic E-state index is -0.102. The Morgan fingerprint density at radius 1 is 1.35 bits per heavy atom. The van der Waals surface area contributed by atoms with Crippen LogP contribution in [0.15, 0.2) is 30.3 Å². The molecule has 2 aromatic carbocycles. The van der Waals surface area contributed by atoms with Gasteiger partial charge in [-0.2, -0.15) is 5.26 Å². The highest BCUT2D eigenvalue weighted by molar-refractivity contribution is 6.10. The number of hydrogen-bond donors (Lipinski definition) is 0. The van der Waals surface area contributed by atoms with Gasteiger partial charge < -0.3 is 4.74 Å². The number of nitrogens with zero attached hydrogens (tertiary/aromatic N) is 1. The molecule has 2 rings (SSSR count). The van der Waals surface area contributed by atoms with Crippen molar-refractivity contribution in [2.75, 3.05) is 7.11 Å². The second-order valence-electron chi connectivity index (χ2n) is 3.72. The molecule has 0 saturated heterocycles. The molecular formula is C14H11NO2. The Labute approximate surface area is 99.2 Å². The van der Waals surface area contributed by atoms with Gasteiger partial charge in [-0.1, -0.05) is 24.3 Å². The van der Waals surface area contributed by atoms with E-state index in [2.05, 4.69) is 6.07 Å². The lowest BCUT2D eigenvalue weighted by molar-refractivity contribution is 0.101. The second kappa shape index (κ2) is 4.26. The maximum Gasteiger partial charge on any atom is 0.164 e. The molecule has 84 valence electrons. The minimum Gasteiger partial charge on any atom is -0.495 e. The van der Waals surface area contributed by atoms with Crippen LogP contribution in [0.1, 0.15) is 22.8 Å². The van der Waals surface area contributed by atoms with Crippen molar-refractivity contribution in [1.82, 2.24) is 0 Å². The van der Waals surface area contributed by atoms with Crippen LogP contribution >= 0.6 is 0 Å². The number of nitriles is 1. The quantitative estimate of drug-likeness (QED) is 0.738. The lowest BCUT2D eigenvalue weighted by Crippen LogP contribution is -2.01. The van der Waals surface area contributed by atoms with Crippen LogP contribution in [-0.4, -0.2) is 12.9 Å². The van der Waals surface area contributed by atoms with Crippen molar-refractivity contribution < 1.29 is 9.53 Å². The largest absolute Gasteiger partial charge is 0.495 e. The van der Waals surface area contributed by atoms with Gasteiger partial charge >= 0.3 is 0 Å². The van der Waals surface area contributed by atoms with E-state index in [1.54, 1.807) is 6.07 Å². The summed E-state index contributed by atoms with van der Waals surface area (Å²) in [6.45, 7) is 1.48. The van der Waals surface area contributed by atoms with Crippen LogP contribution in [0, 0.1) is 11.3 Å². The Morgan fingerprint density at radius 3 is 2.65 bits per heavy atom. The first-order valence-electron chi connectivity index (χ1n) is 5.19. The molecule has 0 fully saturated rings. The summed E-state index contributed by atoms with van der Waals surface area (Å²) in [7, 11) is 1.47. The van der Waals surface area contributed by atoms with Gasteiger partial charge in [0.2, 0.25) is 0 Å². The van der Waals surface area contributed by atoms with Gasteiger partial charge in [0, 0.05) is 0 Å². The molecule has 17 heavy (non-hydrogen) atoms. The molecule has 0 amide bonds. The molecule has 0 saturated carbocycles. The summed E-state index contributed by atoms with van der Waals surface area (Å²) in [6, 6.07) is 11.3. The van der Waals surface area contributed by atoms with Gasteiger partial charge in [-0.15, -0.1) is 0 Å². The Balaban J connectivity index is 2.97. The average molecular weight is 225 g/mol. The van der Waals surface area contributed by atoms with Crippen LogP contribution in [0.25, 0.3) is 10.8 Å². The topological polar surface area (TPSA) is 50.1 Å². The van der Waals surface area contributed by atoms with Gasteiger partial charge in [0.25, 0.3) is 0 Å². The fourth-order valence-corrected chi connectivity index (χ4v) is 1.97. The summed E-state index contributed by atoms with van der Waals surface area (Å²) in [5.41, 5.74) is 0.860. The molecule has 3 nitrogen and oxygen atoms in total. The van der Waals surface area contributed by atoms with Crippen LogP contribution in [0.3, 0.4) is 0 Å². The number of ketones is 1. The van der Waals surface area contributed by atoms with Crippen molar-refractivity contribution in [1.29, 1.82) is 5.26 Å². The highest BCUT2D eigenvalue weighted by atomic mass is 16.5. The molecule has 0 aliphatic heterocycles. The Morgan fingerprint density at radius 2 is 2.06 bits per heavy atom. The van der Waals surface area contributed by atoms with Crippen LogP contribution in [0.5, 0.6) is 5.75 Å². The zero-order chi connectivity index (χ0) is 12.4. The van der Waals surface area contributed by atoms with E-state index in [1.807, 2.05) is 24.3 Å². The summed E-state index contributed by atoms with van der Waals surface area (Å²) in [5, 5.41) is 10.8. The Hall–Kier alpha value is -2.34. The maximum atomic E-state index is 11.7. The number of methoxy groups -OCH3 is 1. The number of ether oxygens (including phenoxy) is 1. The molecule has 0 aliphatic carbocycles. The number of rotatable bonds is 2. The molecule has 0 aromatic heterocycles. The molecular weight excluding hydrogens is 214 g/mol. The van der Waals surface area contributed by atoms with Crippen LogP contribution in [0.2, 0.25) is 0 Å². The fourth-order valence-electron chi connectivity index (χ4n) is 1.97. The van der Waals surface area contributed by atoms with Crippen molar-refractivity contribution in [2.24, 2.45) is 0 Å². The highest BCUT2D eigenvalue weighted by Crippen LogP contribution is 2.32. The van der Waals surface area contributed by atoms with Gasteiger partial charge in [0.1, 0.15) is 11.8 Å². The van der Waals surface area contributed by atoms with Crippen LogP contribution in [0.4, 0.5) is 0 Å². The van der Waals surface area contributed by atoms with E-state index in [-0.39, 0.29) is 5.78 Å². The van der Waals surface area contributed by atoms with Crippen molar-refractivity contribution in [3.63, 3.8) is 0 Å². The van der Waals surface area contributed by atoms with E-state index in [0.29, 0.717) is 16.9 Å². The van der Waals surface area contributed by atoms with Crippen molar-refractivity contribution in [2.45, 2.75) is 6.92 Å². The smallest absolute Gasteiger partial charge is 0.164 e. The summed E-state index contributed by atoms with van der Waals surface area (Å²) in [6.07, 6.45) is 0. The number of hydrogen-bond acceptors (Lipinski definition) is 3. The molecule has 0 unspecified atom stereocenters. The zero-order valence-electron chi connectivity index (χ0n) is 9.65. The monoisotopic (exact) mass is 225 g/mol. The predicted molar refractivity (Wildman–Crippen MR) is 65.2 cm³/mol. The first-order valence-corrected chi connectivity index (χ1v) is 5.19. The second-order valence-corrected chi connectivity index (χ2v) is 3.72. The average Bonchev–Trinajstić information content (AvgIpc) is 2.35. The van der Waals surface area contributed by atoms with Gasteiger partial charge in [-0.05, 0) is 23.8 Å². The van der Waals surface area contributed by atoms with Gasteiger partial charge in [0.05, 0.1) is 18.2 Å². The van der Waals surface area contributed by atoms with E-state index in [1.165, 1.54) is 14.0 Å². The molecule has 2 aromatic rings. The highest BCUT2D eigenvalue weighted by Gasteiger charge is 2.16. The van der Waals surface area contributed by atoms with Crippen LogP contribution < -0.4 is 4.74 Å². The maximum absolute atomic E-state index is 11.7. The standard InChI is InChI=1S/C14H11NO2/c1-9(16)13-12-6-4-3-5-10(12)7-11(8-15)14(13)17-2/h3-7H,1-2H3. The first kappa shape index (κ1) is 11.2. The van der Waals surface area contributed by atoms with Crippen LogP contribution in [-0.2, 0) is 0 Å². The van der Waals surface area contributed by atoms with Crippen molar-refractivity contribution in [3.05, 3.63) is 41.5 Å². The zero-order valence-corrected chi connectivity index (χ0v) is 9.65. The van der Waals surface area contributed by atoms with Crippen molar-refractivity contribution in [3.8, 4) is 11.8 Å². The summed E-state index contributed by atoms with van der Waals surface area (Å²) in [5.74, 6) is 0.258. The number of carbonyl (C=O) groups is 1. The summed E-state index contributed by atoms with van der Waals surface area (Å²) < 4.78 is 5.19. The molecule has 3 heteroatoms. The number of benzene rings is 2. The molecule has 0 bridgehead atoms. The summed E-state index contributed by atoms with van der Waals surface area (Å²) in [4.78, 5) is 11.7. The lowest BCUT2D eigenvalue weighted by Gasteiger charge is -2.11. The van der Waals surface area contributed by atoms with Gasteiger partial charge in [0.15, 0.2) is 5.78 Å². The minimum absolute atomic E-state index is 0.102. The molecule has 0 atom stereocenters. The Bertz CT molecular complexity index is 638. The normalized spacial score (nSPS) is 9.94. The first-order chi connectivity index (χ1) is 8.19. The van der Waals surface area contributed by atoms with Crippen molar-refractivity contribution >= 4 is 16.6 Å². The number of fused-ring (bicyclic) bond motifs is 1. The fraction of sp³-hybridized carbons (Fsp3) is 0.143. The molecule has 0 aliphatic rings. The van der Waals surface area contributed by atoms with E-state index in [9.17, 15) is 4.79 Å². The number of carbonyl (C=O) groups excluding carboxylic acids is 1.